The highest BCUT2D eigenvalue weighted by molar-refractivity contribution is 7.14. The third-order valence-corrected chi connectivity index (χ3v) is 4.43. The van der Waals surface area contributed by atoms with E-state index in [1.807, 2.05) is 0 Å². The molecule has 3 rings (SSSR count). The lowest BCUT2D eigenvalue weighted by molar-refractivity contribution is -0.384. The van der Waals surface area contributed by atoms with Crippen LogP contribution in [-0.2, 0) is 14.3 Å². The summed E-state index contributed by atoms with van der Waals surface area (Å²) in [4.78, 5) is 49.7. The lowest BCUT2D eigenvalue weighted by atomic mass is 10.2. The maximum atomic E-state index is 12.2. The third kappa shape index (κ3) is 5.20. The van der Waals surface area contributed by atoms with Gasteiger partial charge in [-0.1, -0.05) is 0 Å². The monoisotopic (exact) mass is 436 g/mol. The molecule has 1 aliphatic heterocycles. The maximum absolute atomic E-state index is 12.2. The lowest BCUT2D eigenvalue weighted by Gasteiger charge is -2.11. The van der Waals surface area contributed by atoms with Crippen molar-refractivity contribution in [1.29, 1.82) is 0 Å². The predicted molar refractivity (Wildman–Crippen MR) is 104 cm³/mol. The number of nitrogens with zero attached hydrogens (tertiary/aromatic N) is 2. The Kier molecular flexibility index (Phi) is 6.41. The normalized spacial score (nSPS) is 12.4. The van der Waals surface area contributed by atoms with Gasteiger partial charge in [0.1, 0.15) is 5.69 Å². The summed E-state index contributed by atoms with van der Waals surface area (Å²) in [6.45, 7) is 1.32. The predicted octanol–water partition coefficient (Wildman–Crippen LogP) is 1.97. The van der Waals surface area contributed by atoms with Crippen molar-refractivity contribution >= 4 is 45.6 Å². The zero-order valence-corrected chi connectivity index (χ0v) is 16.4. The van der Waals surface area contributed by atoms with Crippen LogP contribution in [0.1, 0.15) is 23.8 Å². The molecule has 0 saturated carbocycles. The standard InChI is InChI=1S/C17H16N4O8S/c1-9(22)18-17-20-11(8-30-17)16(24)29-7-15(23)19-10-5-13-14(6-12(10)21(25)26)28-4-2-3-27-13/h5-6,8H,2-4,7H2,1H3,(H,19,23)(H,18,20,22). The second kappa shape index (κ2) is 9.17. The van der Waals surface area contributed by atoms with E-state index in [9.17, 15) is 24.5 Å². The molecule has 0 unspecified atom stereocenters. The number of anilines is 2. The number of aromatic nitrogens is 1. The number of fused-ring (bicyclic) bond motifs is 1. The number of esters is 1. The highest BCUT2D eigenvalue weighted by atomic mass is 32.1. The van der Waals surface area contributed by atoms with Gasteiger partial charge in [0, 0.05) is 24.8 Å². The summed E-state index contributed by atoms with van der Waals surface area (Å²) in [7, 11) is 0. The Morgan fingerprint density at radius 2 is 1.93 bits per heavy atom. The molecule has 0 aliphatic carbocycles. The van der Waals surface area contributed by atoms with Gasteiger partial charge < -0.3 is 24.8 Å². The molecule has 1 aromatic carbocycles. The van der Waals surface area contributed by atoms with Crippen molar-refractivity contribution in [2.24, 2.45) is 0 Å². The van der Waals surface area contributed by atoms with Gasteiger partial charge in [0.2, 0.25) is 5.91 Å². The first-order chi connectivity index (χ1) is 14.3. The number of rotatable bonds is 6. The molecule has 2 heterocycles. The Balaban J connectivity index is 1.65. The number of benzene rings is 1. The number of thiazole rings is 1. The number of ether oxygens (including phenoxy) is 3. The van der Waals surface area contributed by atoms with Crippen LogP contribution in [0.5, 0.6) is 11.5 Å². The van der Waals surface area contributed by atoms with Gasteiger partial charge >= 0.3 is 5.97 Å². The van der Waals surface area contributed by atoms with E-state index in [0.717, 1.165) is 11.3 Å². The van der Waals surface area contributed by atoms with Gasteiger partial charge in [0.05, 0.1) is 24.2 Å². The first-order valence-electron chi connectivity index (χ1n) is 8.61. The molecule has 30 heavy (non-hydrogen) atoms. The zero-order valence-electron chi connectivity index (χ0n) is 15.6. The topological polar surface area (TPSA) is 159 Å². The molecule has 2 aromatic rings. The van der Waals surface area contributed by atoms with Crippen molar-refractivity contribution in [2.75, 3.05) is 30.5 Å². The second-order valence-corrected chi connectivity index (χ2v) is 6.83. The fourth-order valence-corrected chi connectivity index (χ4v) is 3.14. The molecule has 0 atom stereocenters. The van der Waals surface area contributed by atoms with Crippen LogP contribution >= 0.6 is 11.3 Å². The van der Waals surface area contributed by atoms with Crippen molar-refractivity contribution in [3.05, 3.63) is 33.3 Å². The zero-order chi connectivity index (χ0) is 21.7. The lowest BCUT2D eigenvalue weighted by Crippen LogP contribution is -2.21. The number of nitro benzene ring substituents is 1. The van der Waals surface area contributed by atoms with E-state index in [-0.39, 0.29) is 33.9 Å². The van der Waals surface area contributed by atoms with Crippen LogP contribution in [0.15, 0.2) is 17.5 Å². The van der Waals surface area contributed by atoms with E-state index in [1.54, 1.807) is 0 Å². The van der Waals surface area contributed by atoms with Gasteiger partial charge in [-0.15, -0.1) is 11.3 Å². The summed E-state index contributed by atoms with van der Waals surface area (Å²) in [5, 5.41) is 17.7. The van der Waals surface area contributed by atoms with Crippen LogP contribution < -0.4 is 20.1 Å². The summed E-state index contributed by atoms with van der Waals surface area (Å²) in [5.74, 6) is -1.55. The Bertz CT molecular complexity index is 1010. The average Bonchev–Trinajstić information content (AvgIpc) is 3.02. The molecule has 0 fully saturated rings. The van der Waals surface area contributed by atoms with Gasteiger partial charge in [-0.3, -0.25) is 19.7 Å². The van der Waals surface area contributed by atoms with Gasteiger partial charge in [0.15, 0.2) is 28.9 Å². The van der Waals surface area contributed by atoms with Gasteiger partial charge in [-0.25, -0.2) is 9.78 Å². The molecular weight excluding hydrogens is 420 g/mol. The minimum atomic E-state index is -0.883. The van der Waals surface area contributed by atoms with Crippen LogP contribution in [-0.4, -0.2) is 47.5 Å². The average molecular weight is 436 g/mol. The molecule has 0 bridgehead atoms. The van der Waals surface area contributed by atoms with Gasteiger partial charge in [0.25, 0.3) is 11.6 Å². The fourth-order valence-electron chi connectivity index (χ4n) is 2.42. The molecule has 1 aromatic heterocycles. The molecule has 1 aliphatic rings. The molecule has 0 radical (unpaired) electrons. The number of nitro groups is 1. The highest BCUT2D eigenvalue weighted by Gasteiger charge is 2.23. The first kappa shape index (κ1) is 21.0. The van der Waals surface area contributed by atoms with Crippen molar-refractivity contribution < 1.29 is 33.5 Å². The Labute approximate surface area is 173 Å². The van der Waals surface area contributed by atoms with Crippen LogP contribution in [0.3, 0.4) is 0 Å². The van der Waals surface area contributed by atoms with Crippen LogP contribution in [0.25, 0.3) is 0 Å². The summed E-state index contributed by atoms with van der Waals surface area (Å²) in [6, 6.07) is 2.46. The van der Waals surface area contributed by atoms with E-state index < -0.39 is 29.1 Å². The van der Waals surface area contributed by atoms with Crippen LogP contribution in [0.2, 0.25) is 0 Å². The first-order valence-corrected chi connectivity index (χ1v) is 9.49. The molecule has 12 nitrogen and oxygen atoms in total. The van der Waals surface area contributed by atoms with Crippen molar-refractivity contribution in [1.82, 2.24) is 4.98 Å². The molecule has 13 heteroatoms. The van der Waals surface area contributed by atoms with E-state index in [1.165, 1.54) is 24.4 Å². The highest BCUT2D eigenvalue weighted by Crippen LogP contribution is 2.39. The van der Waals surface area contributed by atoms with Crippen molar-refractivity contribution in [3.63, 3.8) is 0 Å². The van der Waals surface area contributed by atoms with Crippen molar-refractivity contribution in [3.8, 4) is 11.5 Å². The largest absolute Gasteiger partial charge is 0.489 e. The van der Waals surface area contributed by atoms with Gasteiger partial charge in [-0.05, 0) is 0 Å². The smallest absolute Gasteiger partial charge is 0.358 e. The Morgan fingerprint density at radius 1 is 1.23 bits per heavy atom. The molecular formula is C17H16N4O8S. The third-order valence-electron chi connectivity index (χ3n) is 3.67. The molecule has 0 saturated heterocycles. The summed E-state index contributed by atoms with van der Waals surface area (Å²) < 4.78 is 15.7. The van der Waals surface area contributed by atoms with E-state index in [0.29, 0.717) is 19.6 Å². The number of nitrogens with one attached hydrogen (secondary N) is 2. The van der Waals surface area contributed by atoms with E-state index in [2.05, 4.69) is 15.6 Å². The SMILES string of the molecule is CC(=O)Nc1nc(C(=O)OCC(=O)Nc2cc3c(cc2[N+](=O)[O-])OCCCO3)cs1. The molecule has 0 spiro atoms. The van der Waals surface area contributed by atoms with Crippen LogP contribution in [0, 0.1) is 10.1 Å². The number of hydrogen-bond acceptors (Lipinski definition) is 10. The number of carbonyl (C=O) groups is 3. The number of carbonyl (C=O) groups excluding carboxylic acids is 3. The summed E-state index contributed by atoms with van der Waals surface area (Å²) in [6.07, 6.45) is 0.611. The Morgan fingerprint density at radius 3 is 2.60 bits per heavy atom. The quantitative estimate of drug-likeness (QED) is 0.392. The number of amides is 2. The van der Waals surface area contributed by atoms with E-state index >= 15 is 0 Å². The minimum absolute atomic E-state index is 0.0851. The minimum Gasteiger partial charge on any atom is -0.489 e. The summed E-state index contributed by atoms with van der Waals surface area (Å²) in [5.41, 5.74) is -0.594. The summed E-state index contributed by atoms with van der Waals surface area (Å²) >= 11 is 1.02. The maximum Gasteiger partial charge on any atom is 0.358 e. The Hall–Kier alpha value is -3.74. The molecule has 2 amide bonds. The van der Waals surface area contributed by atoms with Gasteiger partial charge in [-0.2, -0.15) is 0 Å². The van der Waals surface area contributed by atoms with Crippen molar-refractivity contribution in [2.45, 2.75) is 13.3 Å². The number of hydrogen-bond donors (Lipinski definition) is 2. The molecule has 158 valence electrons. The molecule has 2 N–H and O–H groups in total. The second-order valence-electron chi connectivity index (χ2n) is 5.97. The van der Waals surface area contributed by atoms with Crippen LogP contribution in [0.4, 0.5) is 16.5 Å². The fraction of sp³-hybridized carbons (Fsp3) is 0.294. The van der Waals surface area contributed by atoms with E-state index in [4.69, 9.17) is 14.2 Å².